The second-order valence-electron chi connectivity index (χ2n) is 5.65. The number of thiophene rings is 1. The topological polar surface area (TPSA) is 14.2 Å². The van der Waals surface area contributed by atoms with E-state index in [9.17, 15) is 0 Å². The fraction of sp³-hybridized carbons (Fsp3) is 0.444. The fourth-order valence-corrected chi connectivity index (χ4v) is 3.63. The zero-order chi connectivity index (χ0) is 14.7. The largest absolute Gasteiger partial charge is 0.355 e. The van der Waals surface area contributed by atoms with E-state index in [1.54, 1.807) is 11.3 Å². The minimum Gasteiger partial charge on any atom is -0.355 e. The molecule has 2 aromatic rings. The average Bonchev–Trinajstić information content (AvgIpc) is 3.14. The van der Waals surface area contributed by atoms with Crippen LogP contribution in [0.4, 0.5) is 0 Å². The molecule has 0 N–H and O–H groups in total. The molecule has 3 heteroatoms. The third kappa shape index (κ3) is 3.30. The van der Waals surface area contributed by atoms with Gasteiger partial charge in [0.15, 0.2) is 0 Å². The zero-order valence-corrected chi connectivity index (χ0v) is 13.6. The minimum atomic E-state index is 0.196. The van der Waals surface area contributed by atoms with Crippen LogP contribution < -0.4 is 0 Å². The monoisotopic (exact) mass is 301 g/mol. The summed E-state index contributed by atoms with van der Waals surface area (Å²) in [7, 11) is 0. The van der Waals surface area contributed by atoms with Crippen LogP contribution in [0.1, 0.15) is 55.6 Å². The molecule has 0 aromatic carbocycles. The molecule has 1 fully saturated rings. The Labute approximate surface area is 131 Å². The van der Waals surface area contributed by atoms with Crippen LogP contribution in [0, 0.1) is 0 Å². The molecule has 2 unspecified atom stereocenters. The Morgan fingerprint density at radius 1 is 1.29 bits per heavy atom. The lowest BCUT2D eigenvalue weighted by Gasteiger charge is -2.31. The van der Waals surface area contributed by atoms with Crippen LogP contribution >= 0.6 is 11.3 Å². The Balaban J connectivity index is 1.88. The van der Waals surface area contributed by atoms with E-state index >= 15 is 0 Å². The molecule has 0 bridgehead atoms. The molecule has 0 aliphatic carbocycles. The molecule has 0 spiro atoms. The summed E-state index contributed by atoms with van der Waals surface area (Å²) in [6.07, 6.45) is 9.57. The van der Waals surface area contributed by atoms with Gasteiger partial charge >= 0.3 is 0 Å². The van der Waals surface area contributed by atoms with Crippen LogP contribution in [0.15, 0.2) is 29.6 Å². The maximum Gasteiger partial charge on any atom is 0.134 e. The molecule has 1 aliphatic heterocycles. The van der Waals surface area contributed by atoms with Crippen molar-refractivity contribution in [3.63, 3.8) is 0 Å². The molecule has 3 heterocycles. The molecule has 2 atom stereocenters. The van der Waals surface area contributed by atoms with Crippen molar-refractivity contribution in [3.05, 3.63) is 45.9 Å². The van der Waals surface area contributed by atoms with Crippen LogP contribution in [-0.4, -0.2) is 10.7 Å². The standard InChI is InChI=1S/C18H23NOS/c1-3-15-9-10-16(11-12-17-7-5-13-21-17)19(15)18-8-4-6-14(2)20-18/h5,7,9-14,18H,3-4,6,8H2,1-2H3/b12-11+. The first-order valence-electron chi connectivity index (χ1n) is 7.85. The van der Waals surface area contributed by atoms with Gasteiger partial charge in [-0.2, -0.15) is 0 Å². The summed E-state index contributed by atoms with van der Waals surface area (Å²) in [5.74, 6) is 0. The fourth-order valence-electron chi connectivity index (χ4n) is 3.01. The van der Waals surface area contributed by atoms with E-state index in [4.69, 9.17) is 4.74 Å². The summed E-state index contributed by atoms with van der Waals surface area (Å²) >= 11 is 1.77. The van der Waals surface area contributed by atoms with Gasteiger partial charge < -0.3 is 9.30 Å². The van der Waals surface area contributed by atoms with Crippen LogP contribution in [0.5, 0.6) is 0 Å². The molecule has 1 saturated heterocycles. The smallest absolute Gasteiger partial charge is 0.134 e. The first-order chi connectivity index (χ1) is 10.3. The van der Waals surface area contributed by atoms with E-state index in [0.717, 1.165) is 12.8 Å². The summed E-state index contributed by atoms with van der Waals surface area (Å²) in [6.45, 7) is 4.40. The molecule has 0 radical (unpaired) electrons. The van der Waals surface area contributed by atoms with E-state index in [0.29, 0.717) is 6.10 Å². The summed E-state index contributed by atoms with van der Waals surface area (Å²) in [5, 5.41) is 2.11. The van der Waals surface area contributed by atoms with E-state index in [1.807, 2.05) is 0 Å². The maximum absolute atomic E-state index is 6.18. The summed E-state index contributed by atoms with van der Waals surface area (Å²) in [6, 6.07) is 8.68. The first kappa shape index (κ1) is 14.6. The van der Waals surface area contributed by atoms with Gasteiger partial charge in [0.1, 0.15) is 6.23 Å². The van der Waals surface area contributed by atoms with Gasteiger partial charge in [-0.3, -0.25) is 0 Å². The molecule has 3 rings (SSSR count). The van der Waals surface area contributed by atoms with Gasteiger partial charge in [-0.15, -0.1) is 11.3 Å². The highest BCUT2D eigenvalue weighted by atomic mass is 32.1. The number of aryl methyl sites for hydroxylation is 1. The Bertz CT molecular complexity index is 597. The molecule has 0 saturated carbocycles. The van der Waals surface area contributed by atoms with E-state index < -0.39 is 0 Å². The average molecular weight is 301 g/mol. The van der Waals surface area contributed by atoms with Gasteiger partial charge in [-0.25, -0.2) is 0 Å². The number of hydrogen-bond acceptors (Lipinski definition) is 2. The van der Waals surface area contributed by atoms with Crippen LogP contribution in [-0.2, 0) is 11.2 Å². The predicted molar refractivity (Wildman–Crippen MR) is 90.5 cm³/mol. The van der Waals surface area contributed by atoms with E-state index in [1.165, 1.54) is 29.1 Å². The predicted octanol–water partition coefficient (Wildman–Crippen LogP) is 5.37. The first-order valence-corrected chi connectivity index (χ1v) is 8.73. The molecule has 0 amide bonds. The van der Waals surface area contributed by atoms with Gasteiger partial charge in [0.05, 0.1) is 6.10 Å². The number of rotatable bonds is 4. The zero-order valence-electron chi connectivity index (χ0n) is 12.8. The SMILES string of the molecule is CCc1ccc(/C=C/c2cccs2)n1C1CCCC(C)O1. The van der Waals surface area contributed by atoms with Gasteiger partial charge in [0, 0.05) is 16.3 Å². The maximum atomic E-state index is 6.18. The van der Waals surface area contributed by atoms with Gasteiger partial charge in [0.2, 0.25) is 0 Å². The molecule has 2 aromatic heterocycles. The lowest BCUT2D eigenvalue weighted by atomic mass is 10.1. The molecular formula is C18H23NOS. The van der Waals surface area contributed by atoms with Crippen LogP contribution in [0.2, 0.25) is 0 Å². The molecule has 21 heavy (non-hydrogen) atoms. The number of hydrogen-bond donors (Lipinski definition) is 0. The third-order valence-electron chi connectivity index (χ3n) is 4.10. The Kier molecular flexibility index (Phi) is 4.61. The van der Waals surface area contributed by atoms with Crippen molar-refractivity contribution < 1.29 is 4.74 Å². The number of aromatic nitrogens is 1. The molecule has 1 aliphatic rings. The Morgan fingerprint density at radius 3 is 2.90 bits per heavy atom. The van der Waals surface area contributed by atoms with Crippen molar-refractivity contribution in [1.29, 1.82) is 0 Å². The van der Waals surface area contributed by atoms with Gasteiger partial charge in [0.25, 0.3) is 0 Å². The van der Waals surface area contributed by atoms with Crippen molar-refractivity contribution in [1.82, 2.24) is 4.57 Å². The molecule has 2 nitrogen and oxygen atoms in total. The highest BCUT2D eigenvalue weighted by molar-refractivity contribution is 7.10. The summed E-state index contributed by atoms with van der Waals surface area (Å²) < 4.78 is 8.57. The van der Waals surface area contributed by atoms with Gasteiger partial charge in [-0.1, -0.05) is 13.0 Å². The minimum absolute atomic E-state index is 0.196. The summed E-state index contributed by atoms with van der Waals surface area (Å²) in [4.78, 5) is 1.29. The Morgan fingerprint density at radius 2 is 2.19 bits per heavy atom. The Hall–Kier alpha value is -1.32. The summed E-state index contributed by atoms with van der Waals surface area (Å²) in [5.41, 5.74) is 2.61. The van der Waals surface area contributed by atoms with Crippen molar-refractivity contribution in [2.24, 2.45) is 0 Å². The van der Waals surface area contributed by atoms with Crippen molar-refractivity contribution >= 4 is 23.5 Å². The number of ether oxygens (including phenoxy) is 1. The lowest BCUT2D eigenvalue weighted by Crippen LogP contribution is -2.25. The second-order valence-corrected chi connectivity index (χ2v) is 6.63. The van der Waals surface area contributed by atoms with E-state index in [2.05, 4.69) is 60.2 Å². The lowest BCUT2D eigenvalue weighted by molar-refractivity contribution is -0.0818. The molecule has 112 valence electrons. The van der Waals surface area contributed by atoms with Crippen molar-refractivity contribution in [2.75, 3.05) is 0 Å². The van der Waals surface area contributed by atoms with E-state index in [-0.39, 0.29) is 6.23 Å². The van der Waals surface area contributed by atoms with Crippen LogP contribution in [0.3, 0.4) is 0 Å². The van der Waals surface area contributed by atoms with Crippen molar-refractivity contribution in [3.8, 4) is 0 Å². The normalized spacial score (nSPS) is 23.0. The highest BCUT2D eigenvalue weighted by Gasteiger charge is 2.23. The van der Waals surface area contributed by atoms with Crippen LogP contribution in [0.25, 0.3) is 12.2 Å². The highest BCUT2D eigenvalue weighted by Crippen LogP contribution is 2.30. The van der Waals surface area contributed by atoms with Gasteiger partial charge in [-0.05, 0) is 68.3 Å². The second kappa shape index (κ2) is 6.63. The number of nitrogens with zero attached hydrogens (tertiary/aromatic N) is 1. The molecular weight excluding hydrogens is 278 g/mol. The third-order valence-corrected chi connectivity index (χ3v) is 4.93. The quantitative estimate of drug-likeness (QED) is 0.740. The van der Waals surface area contributed by atoms with Crippen molar-refractivity contribution in [2.45, 2.75) is 51.9 Å².